The van der Waals surface area contributed by atoms with Crippen molar-refractivity contribution in [3.05, 3.63) is 17.5 Å². The zero-order chi connectivity index (χ0) is 12.8. The first-order valence-corrected chi connectivity index (χ1v) is 7.04. The minimum Gasteiger partial charge on any atom is -0.368 e. The maximum absolute atomic E-state index is 5.84. The lowest BCUT2D eigenvalue weighted by atomic mass is 9.77. The second kappa shape index (κ2) is 6.34. The van der Waals surface area contributed by atoms with Crippen molar-refractivity contribution in [2.75, 3.05) is 25.0 Å². The molecule has 100 valence electrons. The normalized spacial score (nSPS) is 23.9. The number of anilines is 1. The molecule has 0 amide bonds. The minimum absolute atomic E-state index is 0.344. The number of nitrogens with one attached hydrogen (secondary N) is 2. The number of piperidine rings is 1. The molecule has 0 spiro atoms. The summed E-state index contributed by atoms with van der Waals surface area (Å²) in [5.74, 6) is 0.767. The third-order valence-corrected chi connectivity index (χ3v) is 3.77. The summed E-state index contributed by atoms with van der Waals surface area (Å²) in [7, 11) is 0. The standard InChI is InChI=1S/C13H21ClN4/c1-2-4-13(5-3-6-15-9-13)10-17-12-8-16-7-11(14)18-12/h7-8,15H,2-6,9-10H2,1H3,(H,17,18). The lowest BCUT2D eigenvalue weighted by molar-refractivity contribution is 0.206. The fraction of sp³-hybridized carbons (Fsp3) is 0.692. The Morgan fingerprint density at radius 2 is 2.39 bits per heavy atom. The van der Waals surface area contributed by atoms with Gasteiger partial charge in [-0.2, -0.15) is 0 Å². The summed E-state index contributed by atoms with van der Waals surface area (Å²) in [5, 5.41) is 7.33. The van der Waals surface area contributed by atoms with Crippen molar-refractivity contribution in [3.8, 4) is 0 Å². The summed E-state index contributed by atoms with van der Waals surface area (Å²) in [6, 6.07) is 0. The second-order valence-electron chi connectivity index (χ2n) is 5.11. The molecule has 1 aliphatic rings. The lowest BCUT2D eigenvalue weighted by Crippen LogP contribution is -2.44. The fourth-order valence-corrected chi connectivity index (χ4v) is 2.87. The molecule has 5 heteroatoms. The van der Waals surface area contributed by atoms with E-state index in [0.29, 0.717) is 10.6 Å². The summed E-state index contributed by atoms with van der Waals surface area (Å²) in [6.07, 6.45) is 8.25. The molecule has 0 saturated carbocycles. The zero-order valence-electron chi connectivity index (χ0n) is 10.9. The van der Waals surface area contributed by atoms with Crippen LogP contribution in [0.5, 0.6) is 0 Å². The molecule has 4 nitrogen and oxygen atoms in total. The maximum atomic E-state index is 5.84. The van der Waals surface area contributed by atoms with E-state index in [0.717, 1.165) is 25.5 Å². The summed E-state index contributed by atoms with van der Waals surface area (Å²) in [4.78, 5) is 8.26. The van der Waals surface area contributed by atoms with Gasteiger partial charge < -0.3 is 10.6 Å². The van der Waals surface area contributed by atoms with Crippen LogP contribution >= 0.6 is 11.6 Å². The molecule has 0 bridgehead atoms. The predicted molar refractivity (Wildman–Crippen MR) is 75.0 cm³/mol. The SMILES string of the molecule is CCCC1(CNc2cncc(Cl)n2)CCCNC1. The van der Waals surface area contributed by atoms with E-state index in [9.17, 15) is 0 Å². The van der Waals surface area contributed by atoms with Gasteiger partial charge in [-0.3, -0.25) is 4.98 Å². The van der Waals surface area contributed by atoms with Crippen LogP contribution < -0.4 is 10.6 Å². The second-order valence-corrected chi connectivity index (χ2v) is 5.50. The molecule has 2 heterocycles. The molecule has 0 radical (unpaired) electrons. The average molecular weight is 269 g/mol. The van der Waals surface area contributed by atoms with Crippen molar-refractivity contribution in [2.24, 2.45) is 5.41 Å². The molecule has 1 aliphatic heterocycles. The molecule has 0 aliphatic carbocycles. The van der Waals surface area contributed by atoms with Gasteiger partial charge in [0.15, 0.2) is 0 Å². The molecule has 2 N–H and O–H groups in total. The largest absolute Gasteiger partial charge is 0.368 e. The quantitative estimate of drug-likeness (QED) is 0.862. The highest BCUT2D eigenvalue weighted by Gasteiger charge is 2.30. The van der Waals surface area contributed by atoms with Crippen molar-refractivity contribution < 1.29 is 0 Å². The van der Waals surface area contributed by atoms with Crippen LogP contribution in [0.4, 0.5) is 5.82 Å². The summed E-state index contributed by atoms with van der Waals surface area (Å²) in [5.41, 5.74) is 0.344. The van der Waals surface area contributed by atoms with E-state index in [4.69, 9.17) is 11.6 Å². The summed E-state index contributed by atoms with van der Waals surface area (Å²) in [6.45, 7) is 5.41. The Balaban J connectivity index is 1.96. The van der Waals surface area contributed by atoms with E-state index in [1.807, 2.05) is 0 Å². The van der Waals surface area contributed by atoms with Gasteiger partial charge in [0.2, 0.25) is 0 Å². The highest BCUT2D eigenvalue weighted by molar-refractivity contribution is 6.29. The number of hydrogen-bond acceptors (Lipinski definition) is 4. The van der Waals surface area contributed by atoms with Crippen molar-refractivity contribution in [1.29, 1.82) is 0 Å². The van der Waals surface area contributed by atoms with Crippen molar-refractivity contribution in [3.63, 3.8) is 0 Å². The first-order chi connectivity index (χ1) is 8.74. The third kappa shape index (κ3) is 3.56. The average Bonchev–Trinajstić information content (AvgIpc) is 2.38. The first-order valence-electron chi connectivity index (χ1n) is 6.66. The van der Waals surface area contributed by atoms with Gasteiger partial charge in [-0.1, -0.05) is 24.9 Å². The first kappa shape index (κ1) is 13.6. The lowest BCUT2D eigenvalue weighted by Gasteiger charge is -2.38. The minimum atomic E-state index is 0.344. The van der Waals surface area contributed by atoms with E-state index >= 15 is 0 Å². The van der Waals surface area contributed by atoms with Crippen molar-refractivity contribution in [1.82, 2.24) is 15.3 Å². The van der Waals surface area contributed by atoms with Gasteiger partial charge in [-0.25, -0.2) is 4.98 Å². The summed E-state index contributed by atoms with van der Waals surface area (Å²) < 4.78 is 0. The summed E-state index contributed by atoms with van der Waals surface area (Å²) >= 11 is 5.84. The van der Waals surface area contributed by atoms with Crippen LogP contribution in [0.1, 0.15) is 32.6 Å². The van der Waals surface area contributed by atoms with Gasteiger partial charge in [0.1, 0.15) is 11.0 Å². The van der Waals surface area contributed by atoms with Crippen LogP contribution in [0.3, 0.4) is 0 Å². The van der Waals surface area contributed by atoms with E-state index in [1.54, 1.807) is 12.4 Å². The van der Waals surface area contributed by atoms with Gasteiger partial charge in [0.05, 0.1) is 12.4 Å². The van der Waals surface area contributed by atoms with Crippen LogP contribution in [0.15, 0.2) is 12.4 Å². The smallest absolute Gasteiger partial charge is 0.149 e. The number of rotatable bonds is 5. The van der Waals surface area contributed by atoms with Crippen molar-refractivity contribution in [2.45, 2.75) is 32.6 Å². The molecule has 2 rings (SSSR count). The van der Waals surface area contributed by atoms with E-state index in [2.05, 4.69) is 27.5 Å². The van der Waals surface area contributed by atoms with Crippen LogP contribution in [0.2, 0.25) is 5.15 Å². The van der Waals surface area contributed by atoms with Gasteiger partial charge in [0.25, 0.3) is 0 Å². The predicted octanol–water partition coefficient (Wildman–Crippen LogP) is 2.71. The molecule has 0 aromatic carbocycles. The van der Waals surface area contributed by atoms with E-state index < -0.39 is 0 Å². The Hall–Kier alpha value is -0.870. The molecule has 1 saturated heterocycles. The maximum Gasteiger partial charge on any atom is 0.149 e. The van der Waals surface area contributed by atoms with Gasteiger partial charge in [-0.15, -0.1) is 0 Å². The highest BCUT2D eigenvalue weighted by Crippen LogP contribution is 2.31. The van der Waals surface area contributed by atoms with Crippen LogP contribution in [-0.2, 0) is 0 Å². The topological polar surface area (TPSA) is 49.8 Å². The molecule has 1 atom stereocenters. The molecular weight excluding hydrogens is 248 g/mol. The van der Waals surface area contributed by atoms with Gasteiger partial charge in [0, 0.05) is 18.5 Å². The van der Waals surface area contributed by atoms with Crippen LogP contribution in [0, 0.1) is 5.41 Å². The molecular formula is C13H21ClN4. The van der Waals surface area contributed by atoms with Gasteiger partial charge >= 0.3 is 0 Å². The van der Waals surface area contributed by atoms with E-state index in [1.165, 1.54) is 25.7 Å². The number of halogens is 1. The Kier molecular flexibility index (Phi) is 4.78. The Morgan fingerprint density at radius 1 is 1.50 bits per heavy atom. The molecule has 1 fully saturated rings. The molecule has 1 aromatic rings. The number of aromatic nitrogens is 2. The zero-order valence-corrected chi connectivity index (χ0v) is 11.6. The Labute approximate surface area is 114 Å². The number of hydrogen-bond donors (Lipinski definition) is 2. The van der Waals surface area contributed by atoms with Crippen LogP contribution in [-0.4, -0.2) is 29.6 Å². The van der Waals surface area contributed by atoms with Crippen LogP contribution in [0.25, 0.3) is 0 Å². The molecule has 18 heavy (non-hydrogen) atoms. The molecule has 1 unspecified atom stereocenters. The fourth-order valence-electron chi connectivity index (χ4n) is 2.72. The molecule has 1 aromatic heterocycles. The Morgan fingerprint density at radius 3 is 3.06 bits per heavy atom. The third-order valence-electron chi connectivity index (χ3n) is 3.59. The van der Waals surface area contributed by atoms with E-state index in [-0.39, 0.29) is 0 Å². The Bertz CT molecular complexity index is 371. The monoisotopic (exact) mass is 268 g/mol. The van der Waals surface area contributed by atoms with Gasteiger partial charge in [-0.05, 0) is 25.8 Å². The number of nitrogens with zero attached hydrogens (tertiary/aromatic N) is 2. The highest BCUT2D eigenvalue weighted by atomic mass is 35.5. The van der Waals surface area contributed by atoms with Crippen molar-refractivity contribution >= 4 is 17.4 Å².